The molecule has 3 nitrogen and oxygen atoms in total. The molecule has 2 atom stereocenters. The minimum Gasteiger partial charge on any atom is -0.385 e. The van der Waals surface area contributed by atoms with E-state index in [9.17, 15) is 9.18 Å². The number of piperidine rings is 1. The number of hydrogen-bond acceptors (Lipinski definition) is 2. The number of para-hydroxylation sites is 1. The molecular formula is C16H21FN2O. The first-order valence-corrected chi connectivity index (χ1v) is 7.49. The van der Waals surface area contributed by atoms with Gasteiger partial charge < -0.3 is 10.2 Å². The van der Waals surface area contributed by atoms with Crippen LogP contribution in [0.25, 0.3) is 0 Å². The summed E-state index contributed by atoms with van der Waals surface area (Å²) in [5.74, 6) is 0.267. The molecule has 1 saturated carbocycles. The molecule has 2 unspecified atom stereocenters. The number of anilines is 1. The van der Waals surface area contributed by atoms with Crippen LogP contribution in [0.5, 0.6) is 0 Å². The smallest absolute Gasteiger partial charge is 0.256 e. The fourth-order valence-electron chi connectivity index (χ4n) is 3.82. The van der Waals surface area contributed by atoms with Crippen LogP contribution in [0, 0.1) is 11.7 Å². The van der Waals surface area contributed by atoms with Gasteiger partial charge in [-0.2, -0.15) is 0 Å². The van der Waals surface area contributed by atoms with Crippen molar-refractivity contribution in [2.45, 2.75) is 38.1 Å². The molecule has 1 aromatic carbocycles. The van der Waals surface area contributed by atoms with Crippen molar-refractivity contribution < 1.29 is 9.18 Å². The van der Waals surface area contributed by atoms with E-state index >= 15 is 0 Å². The highest BCUT2D eigenvalue weighted by atomic mass is 19.1. The Balaban J connectivity index is 1.90. The average molecular weight is 276 g/mol. The van der Waals surface area contributed by atoms with Gasteiger partial charge in [0.1, 0.15) is 5.82 Å². The Morgan fingerprint density at radius 1 is 1.30 bits per heavy atom. The maximum Gasteiger partial charge on any atom is 0.256 e. The molecule has 108 valence electrons. The Morgan fingerprint density at radius 2 is 2.10 bits per heavy atom. The number of nitrogens with one attached hydrogen (secondary N) is 1. The monoisotopic (exact) mass is 276 g/mol. The molecule has 1 N–H and O–H groups in total. The van der Waals surface area contributed by atoms with Gasteiger partial charge in [0.15, 0.2) is 0 Å². The zero-order chi connectivity index (χ0) is 14.1. The molecule has 1 heterocycles. The Labute approximate surface area is 119 Å². The number of nitrogens with zero attached hydrogens (tertiary/aromatic N) is 1. The number of likely N-dealkylation sites (tertiary alicyclic amines) is 1. The molecule has 4 heteroatoms. The van der Waals surface area contributed by atoms with Crippen molar-refractivity contribution in [3.63, 3.8) is 0 Å². The summed E-state index contributed by atoms with van der Waals surface area (Å²) in [5.41, 5.74) is 0.776. The van der Waals surface area contributed by atoms with E-state index in [-0.39, 0.29) is 11.7 Å². The first kappa shape index (κ1) is 13.4. The van der Waals surface area contributed by atoms with Crippen LogP contribution in [0.1, 0.15) is 42.5 Å². The van der Waals surface area contributed by atoms with Crippen LogP contribution in [0.3, 0.4) is 0 Å². The molecular weight excluding hydrogens is 255 g/mol. The van der Waals surface area contributed by atoms with Gasteiger partial charge >= 0.3 is 0 Å². The SMILES string of the molecule is CNc1c(F)cccc1C(=O)N1CCCC2CCCC21. The first-order chi connectivity index (χ1) is 9.72. The predicted octanol–water partition coefficient (Wildman–Crippen LogP) is 3.27. The number of halogens is 1. The number of carbonyl (C=O) groups is 1. The number of hydrogen-bond donors (Lipinski definition) is 1. The van der Waals surface area contributed by atoms with Crippen molar-refractivity contribution in [2.75, 3.05) is 18.9 Å². The second-order valence-corrected chi connectivity index (χ2v) is 5.81. The third kappa shape index (κ3) is 2.17. The summed E-state index contributed by atoms with van der Waals surface area (Å²) < 4.78 is 13.8. The maximum atomic E-state index is 13.8. The van der Waals surface area contributed by atoms with Crippen LogP contribution in [-0.2, 0) is 0 Å². The lowest BCUT2D eigenvalue weighted by Gasteiger charge is -2.38. The van der Waals surface area contributed by atoms with Gasteiger partial charge in [-0.3, -0.25) is 4.79 Å². The molecule has 1 aliphatic heterocycles. The number of benzene rings is 1. The lowest BCUT2D eigenvalue weighted by Crippen LogP contribution is -2.46. The van der Waals surface area contributed by atoms with Gasteiger partial charge in [-0.25, -0.2) is 4.39 Å². The Bertz CT molecular complexity index is 517. The van der Waals surface area contributed by atoms with Gasteiger partial charge in [0.2, 0.25) is 0 Å². The summed E-state index contributed by atoms with van der Waals surface area (Å²) in [6.07, 6.45) is 5.84. The summed E-state index contributed by atoms with van der Waals surface area (Å²) in [6, 6.07) is 5.08. The molecule has 0 bridgehead atoms. The molecule has 0 radical (unpaired) electrons. The highest BCUT2D eigenvalue weighted by molar-refractivity contribution is 6.00. The van der Waals surface area contributed by atoms with Crippen LogP contribution >= 0.6 is 0 Å². The van der Waals surface area contributed by atoms with Crippen molar-refractivity contribution in [1.29, 1.82) is 0 Å². The van der Waals surface area contributed by atoms with Crippen LogP contribution in [0.4, 0.5) is 10.1 Å². The molecule has 1 saturated heterocycles. The standard InChI is InChI=1S/C16H21FN2O/c1-18-15-12(7-3-8-13(15)17)16(20)19-10-4-6-11-5-2-9-14(11)19/h3,7-8,11,14,18H,2,4-6,9-10H2,1H3. The molecule has 1 aliphatic carbocycles. The van der Waals surface area contributed by atoms with Crippen molar-refractivity contribution >= 4 is 11.6 Å². The Kier molecular flexibility index (Phi) is 3.64. The fourth-order valence-corrected chi connectivity index (χ4v) is 3.82. The second kappa shape index (κ2) is 5.43. The maximum absolute atomic E-state index is 13.8. The highest BCUT2D eigenvalue weighted by Gasteiger charge is 2.38. The zero-order valence-electron chi connectivity index (χ0n) is 11.9. The minimum atomic E-state index is -0.363. The molecule has 0 aromatic heterocycles. The van der Waals surface area contributed by atoms with Crippen molar-refractivity contribution in [3.8, 4) is 0 Å². The quantitative estimate of drug-likeness (QED) is 0.899. The average Bonchev–Trinajstić information content (AvgIpc) is 2.94. The van der Waals surface area contributed by atoms with E-state index < -0.39 is 0 Å². The summed E-state index contributed by atoms with van der Waals surface area (Å²) in [4.78, 5) is 14.8. The van der Waals surface area contributed by atoms with Gasteiger partial charge in [-0.15, -0.1) is 0 Å². The van der Waals surface area contributed by atoms with Crippen LogP contribution < -0.4 is 5.32 Å². The lowest BCUT2D eigenvalue weighted by molar-refractivity contribution is 0.0549. The van der Waals surface area contributed by atoms with Gasteiger partial charge in [0, 0.05) is 19.6 Å². The largest absolute Gasteiger partial charge is 0.385 e. The number of carbonyl (C=O) groups excluding carboxylic acids is 1. The molecule has 0 spiro atoms. The summed E-state index contributed by atoms with van der Waals surface area (Å²) in [5, 5.41) is 2.82. The number of rotatable bonds is 2. The summed E-state index contributed by atoms with van der Waals surface area (Å²) in [6.45, 7) is 0.805. The highest BCUT2D eigenvalue weighted by Crippen LogP contribution is 2.38. The van der Waals surface area contributed by atoms with Gasteiger partial charge in [-0.1, -0.05) is 12.5 Å². The van der Waals surface area contributed by atoms with Crippen molar-refractivity contribution in [2.24, 2.45) is 5.92 Å². The predicted molar refractivity (Wildman–Crippen MR) is 77.3 cm³/mol. The first-order valence-electron chi connectivity index (χ1n) is 7.49. The van der Waals surface area contributed by atoms with E-state index in [0.717, 1.165) is 19.4 Å². The van der Waals surface area contributed by atoms with Crippen LogP contribution in [0.2, 0.25) is 0 Å². The normalized spacial score (nSPS) is 25.4. The van der Waals surface area contributed by atoms with E-state index in [2.05, 4.69) is 5.32 Å². The van der Waals surface area contributed by atoms with Crippen LogP contribution in [-0.4, -0.2) is 30.4 Å². The van der Waals surface area contributed by atoms with E-state index in [0.29, 0.717) is 23.2 Å². The number of fused-ring (bicyclic) bond motifs is 1. The molecule has 3 rings (SSSR count). The second-order valence-electron chi connectivity index (χ2n) is 5.81. The molecule has 2 aliphatic rings. The van der Waals surface area contributed by atoms with E-state index in [1.165, 1.54) is 25.3 Å². The Morgan fingerprint density at radius 3 is 2.90 bits per heavy atom. The molecule has 1 aromatic rings. The van der Waals surface area contributed by atoms with Gasteiger partial charge in [0.05, 0.1) is 11.3 Å². The third-order valence-electron chi connectivity index (χ3n) is 4.75. The van der Waals surface area contributed by atoms with Crippen molar-refractivity contribution in [1.82, 2.24) is 4.90 Å². The lowest BCUT2D eigenvalue weighted by atomic mass is 9.91. The van der Waals surface area contributed by atoms with Gasteiger partial charge in [-0.05, 0) is 43.7 Å². The summed E-state index contributed by atoms with van der Waals surface area (Å²) in [7, 11) is 1.66. The van der Waals surface area contributed by atoms with Gasteiger partial charge in [0.25, 0.3) is 5.91 Å². The Hall–Kier alpha value is -1.58. The third-order valence-corrected chi connectivity index (χ3v) is 4.75. The molecule has 2 fully saturated rings. The molecule has 1 amide bonds. The van der Waals surface area contributed by atoms with E-state index in [1.54, 1.807) is 19.2 Å². The number of amides is 1. The van der Waals surface area contributed by atoms with Crippen LogP contribution in [0.15, 0.2) is 18.2 Å². The minimum absolute atomic E-state index is 0.0227. The van der Waals surface area contributed by atoms with E-state index in [1.807, 2.05) is 4.90 Å². The zero-order valence-corrected chi connectivity index (χ0v) is 11.9. The van der Waals surface area contributed by atoms with E-state index in [4.69, 9.17) is 0 Å². The van der Waals surface area contributed by atoms with Crippen molar-refractivity contribution in [3.05, 3.63) is 29.6 Å². The topological polar surface area (TPSA) is 32.3 Å². The fraction of sp³-hybridized carbons (Fsp3) is 0.562. The molecule has 20 heavy (non-hydrogen) atoms. The summed E-state index contributed by atoms with van der Waals surface area (Å²) >= 11 is 0.